The van der Waals surface area contributed by atoms with Gasteiger partial charge in [-0.15, -0.1) is 0 Å². The van der Waals surface area contributed by atoms with Crippen molar-refractivity contribution in [1.82, 2.24) is 0 Å². The number of nitrogens with zero attached hydrogens (tertiary/aromatic N) is 1. The zero-order chi connectivity index (χ0) is 10.9. The Kier molecular flexibility index (Phi) is 10.5. The molecule has 0 bridgehead atoms. The van der Waals surface area contributed by atoms with Gasteiger partial charge in [0, 0.05) is 4.66 Å². The Balaban J connectivity index is 0. The largest absolute Gasteiger partial charge is 0.325 e. The quantitative estimate of drug-likeness (QED) is 0.608. The molecule has 0 aliphatic heterocycles. The van der Waals surface area contributed by atoms with Crippen LogP contribution in [0.15, 0.2) is 0 Å². The minimum Gasteiger partial charge on any atom is -0.325 e. The molecule has 0 aliphatic rings. The van der Waals surface area contributed by atoms with E-state index < -0.39 is 10.8 Å². The molecule has 0 spiro atoms. The molecular weight excluding hydrogens is 194 g/mol. The topological polar surface area (TPSA) is 66.3 Å². The van der Waals surface area contributed by atoms with E-state index in [4.69, 9.17) is 14.0 Å². The van der Waals surface area contributed by atoms with Crippen LogP contribution in [0.4, 0.5) is 0 Å². The minimum absolute atomic E-state index is 1.28. The molecule has 82 valence electrons. The molecule has 0 heterocycles. The standard InChI is InChI=1S/C8H20N.ClHO3/c1-5-9(6-2,7-3)8-4;2-1(3)4/h5-8H2,1-4H3;2H/q+1;. The van der Waals surface area contributed by atoms with Crippen molar-refractivity contribution in [2.75, 3.05) is 26.2 Å². The Bertz CT molecular complexity index is 87.3. The second-order valence-corrected chi connectivity index (χ2v) is 3.21. The first-order valence-corrected chi connectivity index (χ1v) is 5.53. The molecule has 0 saturated heterocycles. The summed E-state index contributed by atoms with van der Waals surface area (Å²) in [7, 11) is -2.60. The molecule has 0 aromatic carbocycles. The predicted octanol–water partition coefficient (Wildman–Crippen LogP) is -1.05. The van der Waals surface area contributed by atoms with E-state index in [1.807, 2.05) is 0 Å². The molecule has 0 rings (SSSR count). The van der Waals surface area contributed by atoms with E-state index in [0.29, 0.717) is 0 Å². The van der Waals surface area contributed by atoms with Gasteiger partial charge in [-0.3, -0.25) is 0 Å². The summed E-state index contributed by atoms with van der Waals surface area (Å²) in [5.41, 5.74) is 0. The van der Waals surface area contributed by atoms with E-state index in [9.17, 15) is 0 Å². The lowest BCUT2D eigenvalue weighted by atomic mass is 10.3. The molecule has 1 N–H and O–H groups in total. The van der Waals surface area contributed by atoms with Crippen LogP contribution < -0.4 is 9.32 Å². The molecule has 0 aromatic rings. The van der Waals surface area contributed by atoms with Crippen molar-refractivity contribution >= 4 is 0 Å². The molecule has 4 nitrogen and oxygen atoms in total. The van der Waals surface area contributed by atoms with Gasteiger partial charge in [0.05, 0.1) is 26.2 Å². The normalized spacial score (nSPS) is 11.1. The van der Waals surface area contributed by atoms with Crippen LogP contribution in [0.3, 0.4) is 0 Å². The lowest BCUT2D eigenvalue weighted by molar-refractivity contribution is -1.63. The fraction of sp³-hybridized carbons (Fsp3) is 1.00. The summed E-state index contributed by atoms with van der Waals surface area (Å²) in [5.74, 6) is 0. The van der Waals surface area contributed by atoms with Crippen molar-refractivity contribution in [3.63, 3.8) is 0 Å². The van der Waals surface area contributed by atoms with Gasteiger partial charge in [-0.05, 0) is 27.7 Å². The second-order valence-electron chi connectivity index (χ2n) is 2.81. The van der Waals surface area contributed by atoms with Crippen LogP contribution in [-0.4, -0.2) is 35.3 Å². The van der Waals surface area contributed by atoms with Crippen molar-refractivity contribution in [3.05, 3.63) is 0 Å². The van der Waals surface area contributed by atoms with Gasteiger partial charge in [0.2, 0.25) is 0 Å². The van der Waals surface area contributed by atoms with Crippen LogP contribution in [0, 0.1) is 10.8 Å². The van der Waals surface area contributed by atoms with Crippen molar-refractivity contribution in [1.29, 1.82) is 0 Å². The van der Waals surface area contributed by atoms with Crippen LogP contribution in [0.5, 0.6) is 0 Å². The van der Waals surface area contributed by atoms with Crippen molar-refractivity contribution in [2.24, 2.45) is 0 Å². The number of halogens is 1. The molecule has 0 fully saturated rings. The SMILES string of the molecule is CC[N+](CC)(CC)CC.[O-][Cl+2]([O-])O. The van der Waals surface area contributed by atoms with Crippen LogP contribution in [0.1, 0.15) is 27.7 Å². The van der Waals surface area contributed by atoms with Gasteiger partial charge in [-0.25, -0.2) is 0 Å². The summed E-state index contributed by atoms with van der Waals surface area (Å²) >= 11 is 0. The second kappa shape index (κ2) is 8.72. The lowest BCUT2D eigenvalue weighted by Crippen LogP contribution is -2.47. The van der Waals surface area contributed by atoms with Gasteiger partial charge >= 0.3 is 0 Å². The molecular formula is C8H21ClNO3+. The fourth-order valence-corrected chi connectivity index (χ4v) is 1.34. The Morgan fingerprint density at radius 2 is 1.08 bits per heavy atom. The highest BCUT2D eigenvalue weighted by Gasteiger charge is 2.16. The Morgan fingerprint density at radius 3 is 1.08 bits per heavy atom. The first-order valence-electron chi connectivity index (χ1n) is 4.57. The van der Waals surface area contributed by atoms with E-state index in [-0.39, 0.29) is 0 Å². The molecule has 0 radical (unpaired) electrons. The molecule has 0 atom stereocenters. The minimum atomic E-state index is -2.60. The third-order valence-electron chi connectivity index (χ3n) is 2.68. The zero-order valence-electron chi connectivity index (χ0n) is 8.92. The van der Waals surface area contributed by atoms with Crippen LogP contribution in [0.25, 0.3) is 0 Å². The monoisotopic (exact) mass is 214 g/mol. The van der Waals surface area contributed by atoms with Gasteiger partial charge in [-0.1, -0.05) is 0 Å². The molecule has 0 aliphatic carbocycles. The first-order chi connectivity index (χ1) is 5.97. The van der Waals surface area contributed by atoms with E-state index >= 15 is 0 Å². The summed E-state index contributed by atoms with van der Waals surface area (Å²) < 4.78 is 25.2. The van der Waals surface area contributed by atoms with E-state index in [1.165, 1.54) is 30.7 Å². The molecule has 13 heavy (non-hydrogen) atoms. The Morgan fingerprint density at radius 1 is 0.923 bits per heavy atom. The first kappa shape index (κ1) is 15.6. The van der Waals surface area contributed by atoms with Gasteiger partial charge in [0.25, 0.3) is 10.8 Å². The highest BCUT2D eigenvalue weighted by atomic mass is 35.6. The van der Waals surface area contributed by atoms with E-state index in [2.05, 4.69) is 27.7 Å². The molecule has 0 saturated carbocycles. The summed E-state index contributed by atoms with van der Waals surface area (Å²) in [4.78, 5) is 0. The number of hydrogen-bond acceptors (Lipinski definition) is 3. The highest BCUT2D eigenvalue weighted by molar-refractivity contribution is 4.31. The predicted molar refractivity (Wildman–Crippen MR) is 44.6 cm³/mol. The molecule has 5 heteroatoms. The molecule has 0 unspecified atom stereocenters. The lowest BCUT2D eigenvalue weighted by Gasteiger charge is -2.34. The Labute approximate surface area is 83.8 Å². The third-order valence-corrected chi connectivity index (χ3v) is 2.68. The molecule has 0 amide bonds. The number of hydrogen-bond donors (Lipinski definition) is 1. The number of quaternary nitrogens is 1. The maximum atomic E-state index is 8.52. The van der Waals surface area contributed by atoms with Gasteiger partial charge in [-0.2, -0.15) is 0 Å². The summed E-state index contributed by atoms with van der Waals surface area (Å²) in [6.07, 6.45) is 0. The van der Waals surface area contributed by atoms with Crippen molar-refractivity contribution < 1.29 is 29.2 Å². The highest BCUT2D eigenvalue weighted by Crippen LogP contribution is 2.03. The fourth-order valence-electron chi connectivity index (χ4n) is 1.34. The van der Waals surface area contributed by atoms with Gasteiger partial charge < -0.3 is 13.8 Å². The van der Waals surface area contributed by atoms with Crippen LogP contribution in [-0.2, 0) is 0 Å². The van der Waals surface area contributed by atoms with E-state index in [0.717, 1.165) is 0 Å². The average Bonchev–Trinajstić information content (AvgIpc) is 2.09. The van der Waals surface area contributed by atoms with Gasteiger partial charge in [0.1, 0.15) is 0 Å². The number of rotatable bonds is 4. The maximum Gasteiger partial charge on any atom is 0.282 e. The Hall–Kier alpha value is 0.130. The van der Waals surface area contributed by atoms with Crippen molar-refractivity contribution in [3.8, 4) is 0 Å². The summed E-state index contributed by atoms with van der Waals surface area (Å²) in [5, 5.41) is 0. The van der Waals surface area contributed by atoms with Crippen molar-refractivity contribution in [2.45, 2.75) is 27.7 Å². The smallest absolute Gasteiger partial charge is 0.282 e. The average molecular weight is 215 g/mol. The van der Waals surface area contributed by atoms with Crippen LogP contribution >= 0.6 is 0 Å². The molecule has 0 aromatic heterocycles. The van der Waals surface area contributed by atoms with Crippen LogP contribution in [0.2, 0.25) is 0 Å². The third kappa shape index (κ3) is 8.46. The van der Waals surface area contributed by atoms with E-state index in [1.54, 1.807) is 0 Å². The summed E-state index contributed by atoms with van der Waals surface area (Å²) in [6.45, 7) is 14.2. The maximum absolute atomic E-state index is 8.52. The van der Waals surface area contributed by atoms with Gasteiger partial charge in [0.15, 0.2) is 0 Å². The summed E-state index contributed by atoms with van der Waals surface area (Å²) in [6, 6.07) is 0. The zero-order valence-corrected chi connectivity index (χ0v) is 9.67.